The van der Waals surface area contributed by atoms with E-state index in [0.717, 1.165) is 80.2 Å². The Kier molecular flexibility index (Phi) is 6.50. The number of pyridine rings is 1. The van der Waals surface area contributed by atoms with Crippen LogP contribution < -0.4 is 15.5 Å². The van der Waals surface area contributed by atoms with Crippen LogP contribution in [0.15, 0.2) is 30.7 Å². The maximum absolute atomic E-state index is 12.0. The molecule has 1 saturated carbocycles. The van der Waals surface area contributed by atoms with Crippen LogP contribution in [0.5, 0.6) is 0 Å². The highest BCUT2D eigenvalue weighted by molar-refractivity contribution is 5.80. The van der Waals surface area contributed by atoms with Crippen molar-refractivity contribution in [2.45, 2.75) is 39.2 Å². The molecular formula is C24H32N7O2+. The van der Waals surface area contributed by atoms with Gasteiger partial charge < -0.3 is 19.5 Å². The van der Waals surface area contributed by atoms with E-state index in [1.807, 2.05) is 23.8 Å². The maximum atomic E-state index is 12.0. The van der Waals surface area contributed by atoms with E-state index in [9.17, 15) is 4.79 Å². The molecule has 0 aromatic carbocycles. The standard InChI is InChI=1S/C24H31N7O2/c1-17-16-31(9-3-8-25-23(32)18-4-2-5-18)22-20(17)15-27-24(29-22)28-19-6-7-21(26-14-19)30-10-12-33-13-11-30/h6-7,14-16,18H,2-5,8-13H2,1H3,(H,25,32)(H,27,28,29)/p+1. The Labute approximate surface area is 193 Å². The normalized spacial score (nSPS) is 16.7. The van der Waals surface area contributed by atoms with Gasteiger partial charge in [0.15, 0.2) is 5.69 Å². The van der Waals surface area contributed by atoms with E-state index in [1.165, 1.54) is 6.42 Å². The minimum absolute atomic E-state index is 0.210. The fourth-order valence-electron chi connectivity index (χ4n) is 4.37. The number of aromatic nitrogens is 4. The molecule has 0 radical (unpaired) electrons. The lowest BCUT2D eigenvalue weighted by atomic mass is 9.85. The second-order valence-corrected chi connectivity index (χ2v) is 8.94. The zero-order valence-corrected chi connectivity index (χ0v) is 19.2. The van der Waals surface area contributed by atoms with Crippen molar-refractivity contribution in [2.24, 2.45) is 5.92 Å². The summed E-state index contributed by atoms with van der Waals surface area (Å²) in [6.07, 6.45) is 10.0. The van der Waals surface area contributed by atoms with Crippen LogP contribution in [0.1, 0.15) is 31.2 Å². The first-order valence-electron chi connectivity index (χ1n) is 11.9. The van der Waals surface area contributed by atoms with Crippen LogP contribution in [-0.4, -0.2) is 58.3 Å². The average Bonchev–Trinajstić information content (AvgIpc) is 3.11. The molecule has 0 atom stereocenters. The quantitative estimate of drug-likeness (QED) is 0.508. The van der Waals surface area contributed by atoms with Crippen molar-refractivity contribution in [1.82, 2.24) is 24.8 Å². The van der Waals surface area contributed by atoms with E-state index >= 15 is 0 Å². The summed E-state index contributed by atoms with van der Waals surface area (Å²) in [6, 6.07) is 4.10. The van der Waals surface area contributed by atoms with E-state index in [-0.39, 0.29) is 11.8 Å². The van der Waals surface area contributed by atoms with Crippen molar-refractivity contribution >= 4 is 34.4 Å². The zero-order chi connectivity index (χ0) is 22.6. The molecule has 3 aromatic heterocycles. The fraction of sp³-hybridized carbons (Fsp3) is 0.500. The highest BCUT2D eigenvalue weighted by Crippen LogP contribution is 2.26. The van der Waals surface area contributed by atoms with Gasteiger partial charge in [0.25, 0.3) is 0 Å². The van der Waals surface area contributed by atoms with Gasteiger partial charge in [-0.1, -0.05) is 6.42 Å². The smallest absolute Gasteiger partial charge is 0.332 e. The molecule has 2 aliphatic rings. The van der Waals surface area contributed by atoms with E-state index in [2.05, 4.69) is 43.9 Å². The Bertz CT molecular complexity index is 1100. The summed E-state index contributed by atoms with van der Waals surface area (Å²) in [5.41, 5.74) is 3.06. The summed E-state index contributed by atoms with van der Waals surface area (Å²) in [7, 11) is 0. The number of morpholine rings is 1. The largest absolute Gasteiger partial charge is 0.378 e. The number of ether oxygens (including phenoxy) is 1. The molecule has 0 bridgehead atoms. The van der Waals surface area contributed by atoms with Crippen LogP contribution in [0.2, 0.25) is 0 Å². The molecular weight excluding hydrogens is 418 g/mol. The molecule has 174 valence electrons. The van der Waals surface area contributed by atoms with Crippen molar-refractivity contribution in [2.75, 3.05) is 37.7 Å². The number of nitrogens with two attached hydrogens (primary N) is 1. The van der Waals surface area contributed by atoms with Gasteiger partial charge in [-0.25, -0.2) is 10.3 Å². The topological polar surface area (TPSA) is 102 Å². The number of aryl methyl sites for hydroxylation is 2. The van der Waals surface area contributed by atoms with Crippen molar-refractivity contribution in [3.8, 4) is 0 Å². The first kappa shape index (κ1) is 21.8. The lowest BCUT2D eigenvalue weighted by Gasteiger charge is -2.27. The van der Waals surface area contributed by atoms with Crippen LogP contribution in [0.25, 0.3) is 11.0 Å². The summed E-state index contributed by atoms with van der Waals surface area (Å²) in [6.45, 7) is 6.82. The number of amides is 1. The number of hydrogen-bond acceptors (Lipinski definition) is 6. The number of rotatable bonds is 8. The minimum Gasteiger partial charge on any atom is -0.378 e. The third-order valence-electron chi connectivity index (χ3n) is 6.59. The Balaban J connectivity index is 1.22. The molecule has 2 fully saturated rings. The summed E-state index contributed by atoms with van der Waals surface area (Å²) in [5, 5.41) is 6.09. The van der Waals surface area contributed by atoms with Crippen LogP contribution in [-0.2, 0) is 16.1 Å². The van der Waals surface area contributed by atoms with Gasteiger partial charge in [0, 0.05) is 55.9 Å². The van der Waals surface area contributed by atoms with E-state index < -0.39 is 0 Å². The number of quaternary nitrogens is 1. The fourth-order valence-corrected chi connectivity index (χ4v) is 4.37. The molecule has 0 unspecified atom stereocenters. The second kappa shape index (κ2) is 9.84. The molecule has 5 rings (SSSR count). The number of fused-ring (bicyclic) bond motifs is 1. The number of carbonyl (C=O) groups excluding carboxylic acids is 1. The van der Waals surface area contributed by atoms with E-state index in [0.29, 0.717) is 12.5 Å². The van der Waals surface area contributed by atoms with Crippen molar-refractivity contribution in [3.63, 3.8) is 0 Å². The Morgan fingerprint density at radius 3 is 2.79 bits per heavy atom. The number of carbonyl (C=O) groups is 1. The molecule has 3 N–H and O–H groups in total. The van der Waals surface area contributed by atoms with Gasteiger partial charge in [0.1, 0.15) is 11.5 Å². The van der Waals surface area contributed by atoms with E-state index in [1.54, 1.807) is 0 Å². The van der Waals surface area contributed by atoms with Crippen LogP contribution in [0, 0.1) is 12.8 Å². The SMILES string of the molecule is Cc1cn(CCCNC(=O)C2CCC2)c2nc([NH2+]c3ccc(N4CCOCC4)nc3)ncc12. The van der Waals surface area contributed by atoms with Gasteiger partial charge in [-0.3, -0.25) is 4.79 Å². The van der Waals surface area contributed by atoms with Gasteiger partial charge in [-0.15, -0.1) is 0 Å². The molecule has 9 nitrogen and oxygen atoms in total. The lowest BCUT2D eigenvalue weighted by molar-refractivity contribution is -0.487. The average molecular weight is 451 g/mol. The third-order valence-corrected chi connectivity index (χ3v) is 6.59. The molecule has 1 aliphatic heterocycles. The summed E-state index contributed by atoms with van der Waals surface area (Å²) in [5.74, 6) is 2.09. The molecule has 1 aliphatic carbocycles. The third kappa shape index (κ3) is 4.99. The van der Waals surface area contributed by atoms with Crippen LogP contribution >= 0.6 is 0 Å². The molecule has 4 heterocycles. The van der Waals surface area contributed by atoms with Gasteiger partial charge in [0.2, 0.25) is 5.91 Å². The highest BCUT2D eigenvalue weighted by Gasteiger charge is 2.24. The first-order valence-corrected chi connectivity index (χ1v) is 11.9. The highest BCUT2D eigenvalue weighted by atomic mass is 16.5. The van der Waals surface area contributed by atoms with Gasteiger partial charge >= 0.3 is 5.95 Å². The number of nitrogens with zero attached hydrogens (tertiary/aromatic N) is 5. The number of nitrogens with one attached hydrogen (secondary N) is 1. The predicted molar refractivity (Wildman–Crippen MR) is 126 cm³/mol. The number of hydrogen-bond donors (Lipinski definition) is 2. The summed E-state index contributed by atoms with van der Waals surface area (Å²) >= 11 is 0. The van der Waals surface area contributed by atoms with E-state index in [4.69, 9.17) is 9.72 Å². The molecule has 1 saturated heterocycles. The Hall–Kier alpha value is -3.04. The van der Waals surface area contributed by atoms with Gasteiger partial charge in [-0.05, 0) is 37.8 Å². The zero-order valence-electron chi connectivity index (χ0n) is 19.2. The molecule has 33 heavy (non-hydrogen) atoms. The van der Waals surface area contributed by atoms with Gasteiger partial charge in [0.05, 0.1) is 19.4 Å². The molecule has 9 heteroatoms. The van der Waals surface area contributed by atoms with Gasteiger partial charge in [-0.2, -0.15) is 9.97 Å². The Morgan fingerprint density at radius 2 is 2.06 bits per heavy atom. The molecule has 3 aromatic rings. The molecule has 1 amide bonds. The Morgan fingerprint density at radius 1 is 1.21 bits per heavy atom. The van der Waals surface area contributed by atoms with Crippen molar-refractivity contribution < 1.29 is 14.8 Å². The van der Waals surface area contributed by atoms with Crippen molar-refractivity contribution in [1.29, 1.82) is 0 Å². The minimum atomic E-state index is 0.210. The van der Waals surface area contributed by atoms with Crippen LogP contribution in [0.4, 0.5) is 17.5 Å². The predicted octanol–water partition coefficient (Wildman–Crippen LogP) is 1.80. The lowest BCUT2D eigenvalue weighted by Crippen LogP contribution is -2.72. The molecule has 0 spiro atoms. The van der Waals surface area contributed by atoms with Crippen molar-refractivity contribution in [3.05, 3.63) is 36.3 Å². The number of anilines is 1. The van der Waals surface area contributed by atoms with Crippen LogP contribution in [0.3, 0.4) is 0 Å². The monoisotopic (exact) mass is 450 g/mol. The summed E-state index contributed by atoms with van der Waals surface area (Å²) < 4.78 is 7.58. The first-order chi connectivity index (χ1) is 16.2. The summed E-state index contributed by atoms with van der Waals surface area (Å²) in [4.78, 5) is 28.2. The second-order valence-electron chi connectivity index (χ2n) is 8.94. The maximum Gasteiger partial charge on any atom is 0.332 e.